The van der Waals surface area contributed by atoms with Gasteiger partial charge in [-0.3, -0.25) is 0 Å². The SMILES string of the molecule is C[C@@H]1C2CC[C@@](C)(O)C3C1CCC(C)(C)C23. The summed E-state index contributed by atoms with van der Waals surface area (Å²) in [4.78, 5) is 0. The highest BCUT2D eigenvalue weighted by atomic mass is 16.3. The fourth-order valence-electron chi connectivity index (χ4n) is 5.63. The van der Waals surface area contributed by atoms with Crippen LogP contribution in [0, 0.1) is 35.0 Å². The lowest BCUT2D eigenvalue weighted by molar-refractivity contribution is -0.115. The van der Waals surface area contributed by atoms with Gasteiger partial charge in [-0.05, 0) is 67.6 Å². The molecule has 0 radical (unpaired) electrons. The molecule has 1 N–H and O–H groups in total. The van der Waals surface area contributed by atoms with Gasteiger partial charge in [0.05, 0.1) is 5.60 Å². The van der Waals surface area contributed by atoms with Crippen molar-refractivity contribution in [2.45, 2.75) is 59.0 Å². The summed E-state index contributed by atoms with van der Waals surface area (Å²) in [6.45, 7) is 9.43. The Balaban J connectivity index is 2.06. The van der Waals surface area contributed by atoms with Gasteiger partial charge in [-0.25, -0.2) is 0 Å². The molecule has 3 saturated carbocycles. The summed E-state index contributed by atoms with van der Waals surface area (Å²) >= 11 is 0. The second-order valence-corrected chi connectivity index (χ2v) is 7.66. The molecule has 92 valence electrons. The molecule has 3 aliphatic carbocycles. The van der Waals surface area contributed by atoms with E-state index in [0.29, 0.717) is 11.3 Å². The fourth-order valence-corrected chi connectivity index (χ4v) is 5.63. The molecule has 1 nitrogen and oxygen atoms in total. The lowest BCUT2D eigenvalue weighted by atomic mass is 9.55. The van der Waals surface area contributed by atoms with Gasteiger partial charge in [0.15, 0.2) is 0 Å². The molecular weight excluding hydrogens is 196 g/mol. The Morgan fingerprint density at radius 2 is 1.50 bits per heavy atom. The zero-order valence-corrected chi connectivity index (χ0v) is 11.2. The second-order valence-electron chi connectivity index (χ2n) is 7.66. The highest BCUT2D eigenvalue weighted by molar-refractivity contribution is 5.12. The van der Waals surface area contributed by atoms with Crippen molar-refractivity contribution >= 4 is 0 Å². The number of hydrogen-bond donors (Lipinski definition) is 1. The maximum atomic E-state index is 10.7. The summed E-state index contributed by atoms with van der Waals surface area (Å²) in [6, 6.07) is 0. The molecule has 3 rings (SSSR count). The van der Waals surface area contributed by atoms with Gasteiger partial charge in [-0.1, -0.05) is 20.8 Å². The van der Waals surface area contributed by atoms with E-state index in [4.69, 9.17) is 0 Å². The molecule has 0 aromatic rings. The summed E-state index contributed by atoms with van der Waals surface area (Å²) < 4.78 is 0. The van der Waals surface area contributed by atoms with Crippen LogP contribution < -0.4 is 0 Å². The number of aliphatic hydroxyl groups is 1. The van der Waals surface area contributed by atoms with Gasteiger partial charge in [0.2, 0.25) is 0 Å². The van der Waals surface area contributed by atoms with Crippen molar-refractivity contribution in [1.29, 1.82) is 0 Å². The van der Waals surface area contributed by atoms with Gasteiger partial charge in [0, 0.05) is 0 Å². The molecule has 16 heavy (non-hydrogen) atoms. The smallest absolute Gasteiger partial charge is 0.0653 e. The molecule has 0 saturated heterocycles. The van der Waals surface area contributed by atoms with E-state index >= 15 is 0 Å². The van der Waals surface area contributed by atoms with Crippen molar-refractivity contribution < 1.29 is 5.11 Å². The Labute approximate surface area is 99.6 Å². The van der Waals surface area contributed by atoms with E-state index < -0.39 is 0 Å². The van der Waals surface area contributed by atoms with Gasteiger partial charge in [0.25, 0.3) is 0 Å². The molecule has 0 aromatic heterocycles. The summed E-state index contributed by atoms with van der Waals surface area (Å²) in [6.07, 6.45) is 5.02. The fraction of sp³-hybridized carbons (Fsp3) is 1.00. The monoisotopic (exact) mass is 222 g/mol. The highest BCUT2D eigenvalue weighted by Crippen LogP contribution is 2.67. The van der Waals surface area contributed by atoms with Gasteiger partial charge in [-0.2, -0.15) is 0 Å². The topological polar surface area (TPSA) is 20.2 Å². The second kappa shape index (κ2) is 3.04. The third-order valence-corrected chi connectivity index (χ3v) is 6.39. The maximum absolute atomic E-state index is 10.7. The van der Waals surface area contributed by atoms with Crippen molar-refractivity contribution in [1.82, 2.24) is 0 Å². The van der Waals surface area contributed by atoms with E-state index in [2.05, 4.69) is 27.7 Å². The van der Waals surface area contributed by atoms with Crippen molar-refractivity contribution in [2.75, 3.05) is 0 Å². The minimum Gasteiger partial charge on any atom is -0.390 e. The van der Waals surface area contributed by atoms with Gasteiger partial charge in [0.1, 0.15) is 0 Å². The average molecular weight is 222 g/mol. The summed E-state index contributed by atoms with van der Waals surface area (Å²) in [5.74, 6) is 3.92. The summed E-state index contributed by atoms with van der Waals surface area (Å²) in [5.41, 5.74) is 0.0787. The molecule has 4 unspecified atom stereocenters. The zero-order valence-electron chi connectivity index (χ0n) is 11.2. The van der Waals surface area contributed by atoms with Gasteiger partial charge in [-0.15, -0.1) is 0 Å². The van der Waals surface area contributed by atoms with Crippen LogP contribution in [0.25, 0.3) is 0 Å². The molecule has 0 spiro atoms. The van der Waals surface area contributed by atoms with Crippen molar-refractivity contribution in [2.24, 2.45) is 35.0 Å². The lowest BCUT2D eigenvalue weighted by Gasteiger charge is -2.52. The molecule has 0 aromatic carbocycles. The quantitative estimate of drug-likeness (QED) is 0.665. The Kier molecular flexibility index (Phi) is 2.11. The maximum Gasteiger partial charge on any atom is 0.0653 e. The molecular formula is C15H26O. The van der Waals surface area contributed by atoms with Crippen molar-refractivity contribution in [3.05, 3.63) is 0 Å². The first kappa shape index (κ1) is 11.1. The van der Waals surface area contributed by atoms with Crippen LogP contribution in [0.1, 0.15) is 53.4 Å². The average Bonchev–Trinajstić information content (AvgIpc) is 2.37. The van der Waals surface area contributed by atoms with Gasteiger partial charge >= 0.3 is 0 Å². The lowest BCUT2D eigenvalue weighted by Crippen LogP contribution is -2.51. The predicted octanol–water partition coefficient (Wildman–Crippen LogP) is 3.47. The number of rotatable bonds is 0. The Bertz CT molecular complexity index is 275. The predicted molar refractivity (Wildman–Crippen MR) is 66.0 cm³/mol. The Morgan fingerprint density at radius 3 is 2.12 bits per heavy atom. The van der Waals surface area contributed by atoms with E-state index in [0.717, 1.165) is 30.1 Å². The van der Waals surface area contributed by atoms with Crippen LogP contribution in [0.2, 0.25) is 0 Å². The highest BCUT2D eigenvalue weighted by Gasteiger charge is 2.63. The Hall–Kier alpha value is -0.0400. The first-order valence-electron chi connectivity index (χ1n) is 7.07. The molecule has 1 heteroatoms. The van der Waals surface area contributed by atoms with Crippen LogP contribution in [0.15, 0.2) is 0 Å². The molecule has 4 bridgehead atoms. The minimum atomic E-state index is -0.381. The van der Waals surface area contributed by atoms with Crippen LogP contribution in [-0.4, -0.2) is 10.7 Å². The van der Waals surface area contributed by atoms with E-state index in [9.17, 15) is 5.11 Å². The van der Waals surface area contributed by atoms with Crippen molar-refractivity contribution in [3.8, 4) is 0 Å². The van der Waals surface area contributed by atoms with E-state index in [1.807, 2.05) is 0 Å². The van der Waals surface area contributed by atoms with Crippen LogP contribution in [0.3, 0.4) is 0 Å². The molecule has 3 aliphatic rings. The third-order valence-electron chi connectivity index (χ3n) is 6.39. The normalized spacial score (nSPS) is 58.7. The van der Waals surface area contributed by atoms with Gasteiger partial charge < -0.3 is 5.11 Å². The van der Waals surface area contributed by atoms with E-state index in [-0.39, 0.29) is 5.60 Å². The third kappa shape index (κ3) is 1.21. The van der Waals surface area contributed by atoms with Crippen LogP contribution in [0.4, 0.5) is 0 Å². The largest absolute Gasteiger partial charge is 0.390 e. The Morgan fingerprint density at radius 1 is 0.938 bits per heavy atom. The van der Waals surface area contributed by atoms with E-state index in [1.165, 1.54) is 19.3 Å². The first-order chi connectivity index (χ1) is 7.34. The minimum absolute atomic E-state index is 0.381. The van der Waals surface area contributed by atoms with Crippen LogP contribution >= 0.6 is 0 Å². The summed E-state index contributed by atoms with van der Waals surface area (Å²) in [7, 11) is 0. The zero-order chi connectivity index (χ0) is 11.7. The number of hydrogen-bond acceptors (Lipinski definition) is 1. The summed E-state index contributed by atoms with van der Waals surface area (Å²) in [5, 5.41) is 10.7. The van der Waals surface area contributed by atoms with Crippen LogP contribution in [-0.2, 0) is 0 Å². The van der Waals surface area contributed by atoms with Crippen molar-refractivity contribution in [3.63, 3.8) is 0 Å². The first-order valence-corrected chi connectivity index (χ1v) is 7.07. The molecule has 0 aliphatic heterocycles. The van der Waals surface area contributed by atoms with Crippen LogP contribution in [0.5, 0.6) is 0 Å². The molecule has 3 fully saturated rings. The molecule has 0 amide bonds. The molecule has 0 heterocycles. The standard InChI is InChI=1S/C15H26O/c1-9-10-6-8-15(4,16)13-11(9)5-7-14(2,3)12(10)13/h9-13,16H,5-8H2,1-4H3/t9-,10?,11?,12?,13?,15-/m1/s1. The molecule has 6 atom stereocenters. The van der Waals surface area contributed by atoms with E-state index in [1.54, 1.807) is 0 Å².